The minimum Gasteiger partial charge on any atom is -0.353 e. The lowest BCUT2D eigenvalue weighted by atomic mass is 10.0. The van der Waals surface area contributed by atoms with Crippen LogP contribution in [0.1, 0.15) is 11.1 Å². The fraction of sp³-hybridized carbons (Fsp3) is 0.0714. The van der Waals surface area contributed by atoms with Crippen LogP contribution in [0.25, 0.3) is 33.7 Å². The zero-order valence-corrected chi connectivity index (χ0v) is 19.8. The van der Waals surface area contributed by atoms with Gasteiger partial charge in [-0.15, -0.1) is 17.0 Å². The minimum absolute atomic E-state index is 0. The summed E-state index contributed by atoms with van der Waals surface area (Å²) in [5.74, 6) is 0.708. The number of hydrogen-bond acceptors (Lipinski definition) is 4. The maximum Gasteiger partial charge on any atom is 0.212 e. The Hall–Kier alpha value is -3.70. The summed E-state index contributed by atoms with van der Waals surface area (Å²) in [4.78, 5) is 4.37. The number of hydrazone groups is 1. The molecule has 1 aliphatic heterocycles. The van der Waals surface area contributed by atoms with Crippen LogP contribution in [-0.4, -0.2) is 24.8 Å². The Morgan fingerprint density at radius 1 is 0.758 bits per heavy atom. The molecule has 2 N–H and O–H groups in total. The van der Waals surface area contributed by atoms with E-state index in [1.807, 2.05) is 12.2 Å². The Balaban J connectivity index is 0.00000259. The third kappa shape index (κ3) is 5.38. The summed E-state index contributed by atoms with van der Waals surface area (Å²) in [6.07, 6.45) is 8.29. The summed E-state index contributed by atoms with van der Waals surface area (Å²) in [5, 5.41) is 12.7. The van der Waals surface area contributed by atoms with Crippen molar-refractivity contribution in [2.45, 2.75) is 0 Å². The Bertz CT molecular complexity index is 1280. The number of aliphatic imine (C=N–C) groups is 1. The molecule has 5 rings (SSSR count). The first-order valence-electron chi connectivity index (χ1n) is 10.8. The fourth-order valence-electron chi connectivity index (χ4n) is 3.86. The molecule has 0 saturated heterocycles. The fourth-order valence-corrected chi connectivity index (χ4v) is 3.86. The molecule has 4 aromatic rings. The number of guanidine groups is 1. The van der Waals surface area contributed by atoms with Crippen LogP contribution in [0, 0.1) is 0 Å². The average Bonchev–Trinajstić information content (AvgIpc) is 3.37. The lowest BCUT2D eigenvalue weighted by Gasteiger charge is -2.04. The van der Waals surface area contributed by atoms with Crippen molar-refractivity contribution in [3.8, 4) is 0 Å². The molecule has 0 unspecified atom stereocenters. The summed E-state index contributed by atoms with van der Waals surface area (Å²) in [6, 6.07) is 29.5. The topological polar surface area (TPSA) is 48.8 Å². The first-order valence-corrected chi connectivity index (χ1v) is 10.8. The molecule has 0 amide bonds. The molecule has 164 valence electrons. The van der Waals surface area contributed by atoms with E-state index in [2.05, 4.69) is 118 Å². The van der Waals surface area contributed by atoms with E-state index in [4.69, 9.17) is 0 Å². The number of nitrogens with zero attached hydrogens (tertiary/aromatic N) is 2. The predicted molar refractivity (Wildman–Crippen MR) is 147 cm³/mol. The van der Waals surface area contributed by atoms with Crippen LogP contribution < -0.4 is 10.7 Å². The van der Waals surface area contributed by atoms with Crippen molar-refractivity contribution in [1.82, 2.24) is 10.7 Å². The van der Waals surface area contributed by atoms with E-state index in [0.717, 1.165) is 29.9 Å². The van der Waals surface area contributed by atoms with Crippen LogP contribution >= 0.6 is 17.0 Å². The van der Waals surface area contributed by atoms with Gasteiger partial charge in [-0.25, -0.2) is 10.4 Å². The molecule has 33 heavy (non-hydrogen) atoms. The summed E-state index contributed by atoms with van der Waals surface area (Å²) in [6.45, 7) is 1.61. The maximum atomic E-state index is 4.60. The molecular formula is C28H25BrN4. The molecule has 0 spiro atoms. The number of fused-ring (bicyclic) bond motifs is 2. The van der Waals surface area contributed by atoms with Crippen molar-refractivity contribution in [2.24, 2.45) is 10.1 Å². The normalized spacial score (nSPS) is 13.2. The van der Waals surface area contributed by atoms with Gasteiger partial charge in [-0.3, -0.25) is 0 Å². The van der Waals surface area contributed by atoms with Gasteiger partial charge in [0.25, 0.3) is 0 Å². The van der Waals surface area contributed by atoms with Gasteiger partial charge in [-0.05, 0) is 44.8 Å². The van der Waals surface area contributed by atoms with Crippen LogP contribution in [0.3, 0.4) is 0 Å². The molecule has 0 atom stereocenters. The van der Waals surface area contributed by atoms with Gasteiger partial charge in [0.2, 0.25) is 5.96 Å². The van der Waals surface area contributed by atoms with E-state index >= 15 is 0 Å². The molecule has 1 heterocycles. The Kier molecular flexibility index (Phi) is 7.33. The third-order valence-corrected chi connectivity index (χ3v) is 5.48. The molecule has 0 aromatic heterocycles. The van der Waals surface area contributed by atoms with Crippen molar-refractivity contribution >= 4 is 62.3 Å². The van der Waals surface area contributed by atoms with Crippen molar-refractivity contribution in [3.63, 3.8) is 0 Å². The molecule has 4 nitrogen and oxygen atoms in total. The molecule has 0 bridgehead atoms. The largest absolute Gasteiger partial charge is 0.353 e. The van der Waals surface area contributed by atoms with Crippen LogP contribution in [0.2, 0.25) is 0 Å². The van der Waals surface area contributed by atoms with E-state index in [1.165, 1.54) is 21.5 Å². The maximum absolute atomic E-state index is 4.60. The standard InChI is InChI=1S/C28H24N4.BrH/c1-3-13-26-21(7-1)9-5-11-23(26)15-17-25(31-32-28-29-19-20-30-28)18-16-24-12-6-10-22-8-2-4-14-27(22)24;/h1-18H,19-20H2,(H2,29,30,32);1H. The highest BCUT2D eigenvalue weighted by atomic mass is 79.9. The Morgan fingerprint density at radius 3 is 1.85 bits per heavy atom. The summed E-state index contributed by atoms with van der Waals surface area (Å²) in [7, 11) is 0. The van der Waals surface area contributed by atoms with Gasteiger partial charge in [0.05, 0.1) is 12.3 Å². The number of hydrogen-bond donors (Lipinski definition) is 2. The highest BCUT2D eigenvalue weighted by Crippen LogP contribution is 2.21. The minimum atomic E-state index is 0. The van der Waals surface area contributed by atoms with E-state index in [0.29, 0.717) is 5.96 Å². The van der Waals surface area contributed by atoms with Crippen molar-refractivity contribution in [2.75, 3.05) is 13.1 Å². The monoisotopic (exact) mass is 496 g/mol. The van der Waals surface area contributed by atoms with E-state index in [1.54, 1.807) is 0 Å². The second kappa shape index (κ2) is 10.7. The highest BCUT2D eigenvalue weighted by molar-refractivity contribution is 8.93. The molecule has 4 aromatic carbocycles. The molecule has 0 fully saturated rings. The predicted octanol–water partition coefficient (Wildman–Crippen LogP) is 6.20. The van der Waals surface area contributed by atoms with Gasteiger partial charge >= 0.3 is 0 Å². The highest BCUT2D eigenvalue weighted by Gasteiger charge is 2.03. The number of rotatable bonds is 5. The second-order valence-electron chi connectivity index (χ2n) is 7.61. The van der Waals surface area contributed by atoms with Gasteiger partial charge in [0.1, 0.15) is 0 Å². The van der Waals surface area contributed by atoms with Gasteiger partial charge in [0.15, 0.2) is 0 Å². The Labute approximate surface area is 204 Å². The Morgan fingerprint density at radius 2 is 1.30 bits per heavy atom. The third-order valence-electron chi connectivity index (χ3n) is 5.48. The lowest BCUT2D eigenvalue weighted by Crippen LogP contribution is -2.30. The number of nitrogens with one attached hydrogen (secondary N) is 2. The molecular weight excluding hydrogens is 472 g/mol. The van der Waals surface area contributed by atoms with Gasteiger partial charge in [0, 0.05) is 6.54 Å². The first kappa shape index (κ1) is 22.5. The lowest BCUT2D eigenvalue weighted by molar-refractivity contribution is 0.918. The van der Waals surface area contributed by atoms with Gasteiger partial charge in [-0.1, -0.05) is 97.1 Å². The molecule has 5 heteroatoms. The zero-order chi connectivity index (χ0) is 21.6. The summed E-state index contributed by atoms with van der Waals surface area (Å²) in [5.41, 5.74) is 6.18. The van der Waals surface area contributed by atoms with Crippen LogP contribution in [0.4, 0.5) is 0 Å². The number of halogens is 1. The van der Waals surface area contributed by atoms with Crippen molar-refractivity contribution in [3.05, 3.63) is 108 Å². The number of benzene rings is 4. The van der Waals surface area contributed by atoms with E-state index in [-0.39, 0.29) is 17.0 Å². The summed E-state index contributed by atoms with van der Waals surface area (Å²) >= 11 is 0. The first-order chi connectivity index (χ1) is 15.9. The van der Waals surface area contributed by atoms with Crippen LogP contribution in [-0.2, 0) is 0 Å². The summed E-state index contributed by atoms with van der Waals surface area (Å²) < 4.78 is 0. The second-order valence-corrected chi connectivity index (χ2v) is 7.61. The quantitative estimate of drug-likeness (QED) is 0.255. The van der Waals surface area contributed by atoms with Crippen LogP contribution in [0.5, 0.6) is 0 Å². The smallest absolute Gasteiger partial charge is 0.212 e. The zero-order valence-electron chi connectivity index (χ0n) is 18.1. The molecule has 0 saturated carbocycles. The van der Waals surface area contributed by atoms with Crippen LogP contribution in [0.15, 0.2) is 107 Å². The van der Waals surface area contributed by atoms with Gasteiger partial charge in [-0.2, -0.15) is 5.10 Å². The van der Waals surface area contributed by atoms with Crippen molar-refractivity contribution in [1.29, 1.82) is 0 Å². The van der Waals surface area contributed by atoms with Crippen molar-refractivity contribution < 1.29 is 0 Å². The SMILES string of the molecule is Br.C(=Cc1cccc2ccccc12)C(C=Cc1cccc2ccccc12)=NNC1=NCCN1. The molecule has 0 aliphatic carbocycles. The number of allylic oxidation sites excluding steroid dienone is 2. The van der Waals surface area contributed by atoms with E-state index in [9.17, 15) is 0 Å². The average molecular weight is 497 g/mol. The molecule has 1 aliphatic rings. The molecule has 0 radical (unpaired) electrons. The van der Waals surface area contributed by atoms with Gasteiger partial charge < -0.3 is 5.32 Å². The van der Waals surface area contributed by atoms with E-state index < -0.39 is 0 Å².